The van der Waals surface area contributed by atoms with Crippen LogP contribution in [0.5, 0.6) is 0 Å². The van der Waals surface area contributed by atoms with Crippen LogP contribution in [0, 0.1) is 11.7 Å². The van der Waals surface area contributed by atoms with E-state index in [9.17, 15) is 9.18 Å². The van der Waals surface area contributed by atoms with Crippen LogP contribution in [0.2, 0.25) is 0 Å². The van der Waals surface area contributed by atoms with E-state index in [0.29, 0.717) is 18.7 Å². The Balaban J connectivity index is 0.00000225. The van der Waals surface area contributed by atoms with E-state index in [1.165, 1.54) is 6.07 Å². The lowest BCUT2D eigenvalue weighted by Gasteiger charge is -2.19. The lowest BCUT2D eigenvalue weighted by molar-refractivity contribution is -0.119. The SMILES string of the molecule is Cl.O=C(Nc1cccc(-c2ccccc2)c1)C1CNCC1c1ccccc1F. The van der Waals surface area contributed by atoms with Gasteiger partial charge in [-0.2, -0.15) is 0 Å². The number of hydrogen-bond acceptors (Lipinski definition) is 2. The third kappa shape index (κ3) is 4.24. The summed E-state index contributed by atoms with van der Waals surface area (Å²) >= 11 is 0. The van der Waals surface area contributed by atoms with Gasteiger partial charge in [0.1, 0.15) is 5.82 Å². The highest BCUT2D eigenvalue weighted by Gasteiger charge is 2.35. The van der Waals surface area contributed by atoms with E-state index in [2.05, 4.69) is 10.6 Å². The minimum absolute atomic E-state index is 0. The molecule has 0 saturated carbocycles. The largest absolute Gasteiger partial charge is 0.326 e. The number of rotatable bonds is 4. The number of carbonyl (C=O) groups is 1. The minimum atomic E-state index is -0.303. The fourth-order valence-corrected chi connectivity index (χ4v) is 3.70. The van der Waals surface area contributed by atoms with Crippen LogP contribution in [0.4, 0.5) is 10.1 Å². The fraction of sp³-hybridized carbons (Fsp3) is 0.174. The Morgan fingerprint density at radius 3 is 2.39 bits per heavy atom. The van der Waals surface area contributed by atoms with E-state index in [4.69, 9.17) is 0 Å². The summed E-state index contributed by atoms with van der Waals surface area (Å²) in [5.74, 6) is -0.806. The van der Waals surface area contributed by atoms with Gasteiger partial charge >= 0.3 is 0 Å². The highest BCUT2D eigenvalue weighted by atomic mass is 35.5. The van der Waals surface area contributed by atoms with Gasteiger partial charge in [-0.3, -0.25) is 4.79 Å². The van der Waals surface area contributed by atoms with Crippen molar-refractivity contribution in [3.63, 3.8) is 0 Å². The molecule has 4 rings (SSSR count). The summed E-state index contributed by atoms with van der Waals surface area (Å²) in [6, 6.07) is 24.5. The van der Waals surface area contributed by atoms with Gasteiger partial charge in [0.15, 0.2) is 0 Å². The second-order valence-electron chi connectivity index (χ2n) is 6.83. The third-order valence-electron chi connectivity index (χ3n) is 5.09. The molecule has 0 aromatic heterocycles. The van der Waals surface area contributed by atoms with Crippen molar-refractivity contribution in [3.8, 4) is 11.1 Å². The molecule has 1 aliphatic rings. The van der Waals surface area contributed by atoms with Crippen LogP contribution in [0.1, 0.15) is 11.5 Å². The van der Waals surface area contributed by atoms with Gasteiger partial charge in [-0.05, 0) is 34.9 Å². The smallest absolute Gasteiger partial charge is 0.229 e. The lowest BCUT2D eigenvalue weighted by atomic mass is 9.88. The molecule has 3 nitrogen and oxygen atoms in total. The Morgan fingerprint density at radius 1 is 0.893 bits per heavy atom. The van der Waals surface area contributed by atoms with Crippen molar-refractivity contribution >= 4 is 24.0 Å². The van der Waals surface area contributed by atoms with Crippen molar-refractivity contribution in [2.75, 3.05) is 18.4 Å². The average molecular weight is 397 g/mol. The normalized spacial score (nSPS) is 18.3. The van der Waals surface area contributed by atoms with Crippen LogP contribution in [0.15, 0.2) is 78.9 Å². The fourth-order valence-electron chi connectivity index (χ4n) is 3.70. The van der Waals surface area contributed by atoms with Gasteiger partial charge in [-0.1, -0.05) is 60.7 Å². The Labute approximate surface area is 170 Å². The van der Waals surface area contributed by atoms with E-state index in [1.54, 1.807) is 12.1 Å². The lowest BCUT2D eigenvalue weighted by Crippen LogP contribution is -2.28. The van der Waals surface area contributed by atoms with Crippen molar-refractivity contribution in [1.29, 1.82) is 0 Å². The van der Waals surface area contributed by atoms with E-state index >= 15 is 0 Å². The average Bonchev–Trinajstić information content (AvgIpc) is 3.19. The summed E-state index contributed by atoms with van der Waals surface area (Å²) < 4.78 is 14.2. The maximum absolute atomic E-state index is 14.2. The summed E-state index contributed by atoms with van der Waals surface area (Å²) in [5, 5.41) is 6.24. The number of benzene rings is 3. The van der Waals surface area contributed by atoms with Gasteiger partial charge in [0.25, 0.3) is 0 Å². The molecule has 3 aromatic carbocycles. The number of amides is 1. The summed E-state index contributed by atoms with van der Waals surface area (Å²) in [4.78, 5) is 12.9. The summed E-state index contributed by atoms with van der Waals surface area (Å²) in [7, 11) is 0. The first kappa shape index (κ1) is 20.1. The molecule has 1 saturated heterocycles. The minimum Gasteiger partial charge on any atom is -0.326 e. The second kappa shape index (κ2) is 9.00. The van der Waals surface area contributed by atoms with Crippen LogP contribution >= 0.6 is 12.4 Å². The highest BCUT2D eigenvalue weighted by Crippen LogP contribution is 2.31. The Bertz CT molecular complexity index is 948. The van der Waals surface area contributed by atoms with Crippen molar-refractivity contribution in [2.45, 2.75) is 5.92 Å². The van der Waals surface area contributed by atoms with E-state index in [-0.39, 0.29) is 36.0 Å². The molecule has 5 heteroatoms. The van der Waals surface area contributed by atoms with Crippen LogP contribution in [-0.4, -0.2) is 19.0 Å². The maximum atomic E-state index is 14.2. The van der Waals surface area contributed by atoms with Crippen LogP contribution in [0.3, 0.4) is 0 Å². The van der Waals surface area contributed by atoms with Gasteiger partial charge in [0.05, 0.1) is 5.92 Å². The Morgan fingerprint density at radius 2 is 1.61 bits per heavy atom. The van der Waals surface area contributed by atoms with Gasteiger partial charge in [-0.15, -0.1) is 12.4 Å². The number of anilines is 1. The molecule has 1 amide bonds. The molecule has 1 heterocycles. The molecule has 2 unspecified atom stereocenters. The molecule has 144 valence electrons. The molecular formula is C23H22ClFN2O. The zero-order chi connectivity index (χ0) is 18.6. The van der Waals surface area contributed by atoms with Crippen LogP contribution in [0.25, 0.3) is 11.1 Å². The first-order chi connectivity index (χ1) is 13.2. The van der Waals surface area contributed by atoms with Crippen molar-refractivity contribution in [3.05, 3.63) is 90.2 Å². The van der Waals surface area contributed by atoms with E-state index in [1.807, 2.05) is 60.7 Å². The molecule has 2 N–H and O–H groups in total. The zero-order valence-electron chi connectivity index (χ0n) is 15.3. The standard InChI is InChI=1S/C23H21FN2O.ClH/c24-22-12-5-4-11-19(22)20-14-25-15-21(20)23(27)26-18-10-6-9-17(13-18)16-7-2-1-3-8-16;/h1-13,20-21,25H,14-15H2,(H,26,27);1H. The second-order valence-corrected chi connectivity index (χ2v) is 6.83. The first-order valence-corrected chi connectivity index (χ1v) is 9.14. The topological polar surface area (TPSA) is 41.1 Å². The molecule has 0 radical (unpaired) electrons. The number of hydrogen-bond donors (Lipinski definition) is 2. The maximum Gasteiger partial charge on any atom is 0.229 e. The van der Waals surface area contributed by atoms with Gasteiger partial charge in [0.2, 0.25) is 5.91 Å². The molecular weight excluding hydrogens is 375 g/mol. The molecule has 28 heavy (non-hydrogen) atoms. The number of halogens is 2. The quantitative estimate of drug-likeness (QED) is 0.661. The highest BCUT2D eigenvalue weighted by molar-refractivity contribution is 5.94. The van der Waals surface area contributed by atoms with E-state index in [0.717, 1.165) is 16.8 Å². The van der Waals surface area contributed by atoms with E-state index < -0.39 is 0 Å². The predicted octanol–water partition coefficient (Wildman–Crippen LogP) is 4.86. The Kier molecular flexibility index (Phi) is 6.45. The molecule has 1 fully saturated rings. The van der Waals surface area contributed by atoms with Crippen LogP contribution in [-0.2, 0) is 4.79 Å². The molecule has 0 bridgehead atoms. The van der Waals surface area contributed by atoms with Gasteiger partial charge < -0.3 is 10.6 Å². The Hall–Kier alpha value is -2.69. The molecule has 3 aromatic rings. The van der Waals surface area contributed by atoms with Gasteiger partial charge in [0, 0.05) is 24.7 Å². The van der Waals surface area contributed by atoms with Crippen molar-refractivity contribution < 1.29 is 9.18 Å². The molecule has 1 aliphatic heterocycles. The summed E-state index contributed by atoms with van der Waals surface area (Å²) in [5.41, 5.74) is 3.49. The number of carbonyl (C=O) groups excluding carboxylic acids is 1. The predicted molar refractivity (Wildman–Crippen MR) is 113 cm³/mol. The van der Waals surface area contributed by atoms with Crippen LogP contribution < -0.4 is 10.6 Å². The van der Waals surface area contributed by atoms with Gasteiger partial charge in [-0.25, -0.2) is 4.39 Å². The third-order valence-corrected chi connectivity index (χ3v) is 5.09. The molecule has 0 spiro atoms. The van der Waals surface area contributed by atoms with Crippen molar-refractivity contribution in [1.82, 2.24) is 5.32 Å². The number of nitrogens with one attached hydrogen (secondary N) is 2. The van der Waals surface area contributed by atoms with Crippen molar-refractivity contribution in [2.24, 2.45) is 5.92 Å². The summed E-state index contributed by atoms with van der Waals surface area (Å²) in [6.07, 6.45) is 0. The first-order valence-electron chi connectivity index (χ1n) is 9.14. The molecule has 0 aliphatic carbocycles. The monoisotopic (exact) mass is 396 g/mol. The molecule has 2 atom stereocenters. The zero-order valence-corrected chi connectivity index (χ0v) is 16.1. The summed E-state index contributed by atoms with van der Waals surface area (Å²) in [6.45, 7) is 1.15.